The van der Waals surface area contributed by atoms with Crippen molar-refractivity contribution < 1.29 is 14.5 Å². The van der Waals surface area contributed by atoms with Gasteiger partial charge in [0.25, 0.3) is 5.69 Å². The van der Waals surface area contributed by atoms with Gasteiger partial charge in [-0.1, -0.05) is 34.8 Å². The molecule has 11 heteroatoms. The van der Waals surface area contributed by atoms with Crippen molar-refractivity contribution >= 4 is 52.1 Å². The summed E-state index contributed by atoms with van der Waals surface area (Å²) >= 11 is 17.7. The number of nitro groups is 1. The van der Waals surface area contributed by atoms with E-state index in [1.165, 1.54) is 41.2 Å². The number of anilines is 1. The summed E-state index contributed by atoms with van der Waals surface area (Å²) in [5.74, 6) is 0.0505. The molecule has 1 aromatic heterocycles. The second-order valence-corrected chi connectivity index (χ2v) is 7.15. The van der Waals surface area contributed by atoms with Crippen LogP contribution in [0.15, 0.2) is 48.8 Å². The second-order valence-electron chi connectivity index (χ2n) is 5.87. The van der Waals surface area contributed by atoms with Crippen LogP contribution in [0.1, 0.15) is 6.42 Å². The van der Waals surface area contributed by atoms with Crippen molar-refractivity contribution in [2.24, 2.45) is 0 Å². The number of ether oxygens (including phenoxy) is 1. The van der Waals surface area contributed by atoms with Crippen molar-refractivity contribution in [3.8, 4) is 11.5 Å². The fraction of sp³-hybridized carbons (Fsp3) is 0.111. The fourth-order valence-electron chi connectivity index (χ4n) is 2.40. The maximum Gasteiger partial charge on any atom is 0.275 e. The quantitative estimate of drug-likeness (QED) is 0.371. The average Bonchev–Trinajstić information content (AvgIpc) is 3.07. The summed E-state index contributed by atoms with van der Waals surface area (Å²) in [5, 5.41) is 19.0. The van der Waals surface area contributed by atoms with Gasteiger partial charge < -0.3 is 10.1 Å². The number of hydrogen-bond donors (Lipinski definition) is 1. The predicted molar refractivity (Wildman–Crippen MR) is 110 cm³/mol. The number of nitrogens with one attached hydrogen (secondary N) is 1. The van der Waals surface area contributed by atoms with Crippen LogP contribution in [0.3, 0.4) is 0 Å². The van der Waals surface area contributed by atoms with E-state index in [1.54, 1.807) is 12.3 Å². The van der Waals surface area contributed by atoms with E-state index in [9.17, 15) is 14.9 Å². The van der Waals surface area contributed by atoms with Crippen LogP contribution in [0.25, 0.3) is 0 Å². The van der Waals surface area contributed by atoms with Gasteiger partial charge in [0.2, 0.25) is 5.91 Å². The van der Waals surface area contributed by atoms with E-state index in [0.717, 1.165) is 0 Å². The Kier molecular flexibility index (Phi) is 6.58. The molecule has 1 heterocycles. The summed E-state index contributed by atoms with van der Waals surface area (Å²) in [6.07, 6.45) is 3.15. The summed E-state index contributed by atoms with van der Waals surface area (Å²) < 4.78 is 7.15. The molecule has 2 aromatic carbocycles. The third-order valence-corrected chi connectivity index (χ3v) is 4.40. The number of non-ortho nitro benzene ring substituents is 1. The van der Waals surface area contributed by atoms with E-state index in [2.05, 4.69) is 10.4 Å². The zero-order valence-corrected chi connectivity index (χ0v) is 16.9. The minimum absolute atomic E-state index is 0.0971. The molecule has 1 N–H and O–H groups in total. The van der Waals surface area contributed by atoms with Crippen molar-refractivity contribution in [2.75, 3.05) is 5.32 Å². The normalized spacial score (nSPS) is 10.6. The molecule has 0 radical (unpaired) electrons. The molecule has 1 amide bonds. The van der Waals surface area contributed by atoms with Crippen LogP contribution in [-0.4, -0.2) is 20.6 Å². The number of carbonyl (C=O) groups excluding carboxylic acids is 1. The van der Waals surface area contributed by atoms with Crippen LogP contribution >= 0.6 is 34.8 Å². The zero-order chi connectivity index (χ0) is 21.0. The van der Waals surface area contributed by atoms with Crippen LogP contribution in [0, 0.1) is 10.1 Å². The maximum absolute atomic E-state index is 12.2. The molecule has 0 atom stereocenters. The van der Waals surface area contributed by atoms with E-state index in [0.29, 0.717) is 16.6 Å². The van der Waals surface area contributed by atoms with Gasteiger partial charge in [-0.25, -0.2) is 0 Å². The first-order chi connectivity index (χ1) is 13.8. The number of amides is 1. The lowest BCUT2D eigenvalue weighted by Crippen LogP contribution is -2.14. The number of nitrogens with zero attached hydrogens (tertiary/aromatic N) is 3. The number of halogens is 3. The molecule has 0 aliphatic carbocycles. The molecule has 8 nitrogen and oxygen atoms in total. The van der Waals surface area contributed by atoms with Gasteiger partial charge in [-0.05, 0) is 18.2 Å². The fourth-order valence-corrected chi connectivity index (χ4v) is 3.01. The standard InChI is InChI=1S/C18H13Cl3N4O4/c19-11-1-2-17(16(21)5-11)29-15-7-13(6-14(8-15)25(27)28)23-18(26)3-4-24-10-12(20)9-22-24/h1-2,5-10H,3-4H2,(H,23,26). The van der Waals surface area contributed by atoms with Gasteiger partial charge in [-0.3, -0.25) is 19.6 Å². The number of rotatable bonds is 7. The van der Waals surface area contributed by atoms with Crippen molar-refractivity contribution in [2.45, 2.75) is 13.0 Å². The molecule has 3 aromatic rings. The van der Waals surface area contributed by atoms with E-state index in [4.69, 9.17) is 39.5 Å². The van der Waals surface area contributed by atoms with Crippen LogP contribution in [0.4, 0.5) is 11.4 Å². The predicted octanol–water partition coefficient (Wildman–Crippen LogP) is 5.57. The molecular formula is C18H13Cl3N4O4. The number of carbonyl (C=O) groups is 1. The van der Waals surface area contributed by atoms with E-state index in [1.807, 2.05) is 0 Å². The largest absolute Gasteiger partial charge is 0.455 e. The van der Waals surface area contributed by atoms with Crippen LogP contribution in [0.5, 0.6) is 11.5 Å². The first-order valence-electron chi connectivity index (χ1n) is 8.20. The van der Waals surface area contributed by atoms with Gasteiger partial charge in [0.05, 0.1) is 32.9 Å². The molecule has 0 aliphatic heterocycles. The lowest BCUT2D eigenvalue weighted by molar-refractivity contribution is -0.384. The van der Waals surface area contributed by atoms with Gasteiger partial charge in [0.15, 0.2) is 0 Å². The molecule has 0 aliphatic rings. The lowest BCUT2D eigenvalue weighted by atomic mass is 10.2. The third-order valence-electron chi connectivity index (χ3n) is 3.68. The molecule has 0 unspecified atom stereocenters. The monoisotopic (exact) mass is 454 g/mol. The van der Waals surface area contributed by atoms with Gasteiger partial charge in [-0.2, -0.15) is 5.10 Å². The Morgan fingerprint density at radius 1 is 1.17 bits per heavy atom. The van der Waals surface area contributed by atoms with Crippen molar-refractivity contribution in [1.29, 1.82) is 0 Å². The number of aryl methyl sites for hydroxylation is 1. The first kappa shape index (κ1) is 20.9. The number of nitro benzene ring substituents is 1. The lowest BCUT2D eigenvalue weighted by Gasteiger charge is -2.11. The Morgan fingerprint density at radius 3 is 2.62 bits per heavy atom. The van der Waals surface area contributed by atoms with Crippen molar-refractivity contribution in [3.63, 3.8) is 0 Å². The maximum atomic E-state index is 12.2. The van der Waals surface area contributed by atoms with E-state index in [-0.39, 0.29) is 40.2 Å². The smallest absolute Gasteiger partial charge is 0.275 e. The van der Waals surface area contributed by atoms with Crippen molar-refractivity contribution in [3.05, 3.63) is 74.0 Å². The molecule has 0 fully saturated rings. The number of aromatic nitrogens is 2. The molecule has 0 saturated heterocycles. The SMILES string of the molecule is O=C(CCn1cc(Cl)cn1)Nc1cc(Oc2ccc(Cl)cc2Cl)cc([N+](=O)[O-])c1. The Balaban J connectivity index is 1.75. The molecule has 0 saturated carbocycles. The summed E-state index contributed by atoms with van der Waals surface area (Å²) in [6, 6.07) is 8.52. The average molecular weight is 456 g/mol. The minimum Gasteiger partial charge on any atom is -0.455 e. The molecule has 0 bridgehead atoms. The third kappa shape index (κ3) is 5.83. The van der Waals surface area contributed by atoms with Crippen molar-refractivity contribution in [1.82, 2.24) is 9.78 Å². The van der Waals surface area contributed by atoms with E-state index < -0.39 is 4.92 Å². The topological polar surface area (TPSA) is 99.3 Å². The van der Waals surface area contributed by atoms with Gasteiger partial charge in [0.1, 0.15) is 11.5 Å². The highest BCUT2D eigenvalue weighted by molar-refractivity contribution is 6.35. The molecule has 29 heavy (non-hydrogen) atoms. The van der Waals surface area contributed by atoms with Crippen LogP contribution in [-0.2, 0) is 11.3 Å². The highest BCUT2D eigenvalue weighted by atomic mass is 35.5. The summed E-state index contributed by atoms with van der Waals surface area (Å²) in [5.41, 5.74) is -0.0375. The van der Waals surface area contributed by atoms with Gasteiger partial charge in [-0.15, -0.1) is 0 Å². The summed E-state index contributed by atoms with van der Waals surface area (Å²) in [7, 11) is 0. The molecule has 0 spiro atoms. The second kappa shape index (κ2) is 9.13. The minimum atomic E-state index is -0.586. The Morgan fingerprint density at radius 2 is 1.97 bits per heavy atom. The van der Waals surface area contributed by atoms with Gasteiger partial charge in [0, 0.05) is 36.3 Å². The molecule has 150 valence electrons. The summed E-state index contributed by atoms with van der Waals surface area (Å²) in [4.78, 5) is 22.9. The number of hydrogen-bond acceptors (Lipinski definition) is 5. The van der Waals surface area contributed by atoms with Crippen LogP contribution < -0.4 is 10.1 Å². The summed E-state index contributed by atoms with van der Waals surface area (Å²) in [6.45, 7) is 0.303. The zero-order valence-electron chi connectivity index (χ0n) is 14.6. The highest BCUT2D eigenvalue weighted by Crippen LogP contribution is 2.34. The Hall–Kier alpha value is -2.81. The Labute approximate surface area is 180 Å². The molecular weight excluding hydrogens is 443 g/mol. The van der Waals surface area contributed by atoms with E-state index >= 15 is 0 Å². The van der Waals surface area contributed by atoms with Gasteiger partial charge >= 0.3 is 0 Å². The molecule has 3 rings (SSSR count). The Bertz CT molecular complexity index is 1070. The first-order valence-corrected chi connectivity index (χ1v) is 9.34. The highest BCUT2D eigenvalue weighted by Gasteiger charge is 2.14. The number of benzene rings is 2. The van der Waals surface area contributed by atoms with Crippen LogP contribution in [0.2, 0.25) is 15.1 Å².